The highest BCUT2D eigenvalue weighted by atomic mass is 35.5. The van der Waals surface area contributed by atoms with E-state index in [2.05, 4.69) is 5.32 Å². The highest BCUT2D eigenvalue weighted by Crippen LogP contribution is 2.34. The average molecular weight is 616 g/mol. The summed E-state index contributed by atoms with van der Waals surface area (Å²) in [7, 11) is -1.30. The maximum Gasteiger partial charge on any atom is 0.264 e. The first-order valence-electron chi connectivity index (χ1n) is 13.5. The largest absolute Gasteiger partial charge is 0.493 e. The van der Waals surface area contributed by atoms with Crippen LogP contribution in [0.2, 0.25) is 5.02 Å². The Morgan fingerprint density at radius 2 is 1.52 bits per heavy atom. The summed E-state index contributed by atoms with van der Waals surface area (Å²) in [6, 6.07) is 17.0. The SMILES string of the molecule is COc1ccc(N(CC(=O)N(Cc2ccc(Cl)cc2)[C@@H](C)C(=O)NCC(C)C)S(=O)(=O)c2ccc(C)cc2)cc1OC. The van der Waals surface area contributed by atoms with Crippen molar-refractivity contribution in [1.29, 1.82) is 0 Å². The third kappa shape index (κ3) is 8.17. The van der Waals surface area contributed by atoms with Crippen molar-refractivity contribution in [3.05, 3.63) is 82.9 Å². The first kappa shape index (κ1) is 32.8. The minimum absolute atomic E-state index is 0.0164. The molecule has 226 valence electrons. The number of benzene rings is 3. The number of hydrogen-bond donors (Lipinski definition) is 1. The van der Waals surface area contributed by atoms with Crippen molar-refractivity contribution in [1.82, 2.24) is 10.2 Å². The Balaban J connectivity index is 2.07. The minimum atomic E-state index is -4.22. The van der Waals surface area contributed by atoms with E-state index in [-0.39, 0.29) is 29.0 Å². The van der Waals surface area contributed by atoms with Crippen LogP contribution in [0.5, 0.6) is 11.5 Å². The lowest BCUT2D eigenvalue weighted by atomic mass is 10.1. The normalized spacial score (nSPS) is 12.0. The highest BCUT2D eigenvalue weighted by molar-refractivity contribution is 7.92. The van der Waals surface area contributed by atoms with Crippen molar-refractivity contribution in [2.75, 3.05) is 31.6 Å². The van der Waals surface area contributed by atoms with Crippen LogP contribution in [0.25, 0.3) is 0 Å². The number of sulfonamides is 1. The summed E-state index contributed by atoms with van der Waals surface area (Å²) >= 11 is 6.06. The van der Waals surface area contributed by atoms with Crippen LogP contribution in [0.4, 0.5) is 5.69 Å². The van der Waals surface area contributed by atoms with E-state index in [1.165, 1.54) is 37.3 Å². The lowest BCUT2D eigenvalue weighted by molar-refractivity contribution is -0.139. The van der Waals surface area contributed by atoms with Crippen LogP contribution in [0.15, 0.2) is 71.6 Å². The molecule has 3 aromatic rings. The van der Waals surface area contributed by atoms with Gasteiger partial charge in [-0.2, -0.15) is 0 Å². The molecule has 0 saturated carbocycles. The third-order valence-electron chi connectivity index (χ3n) is 6.66. The molecular formula is C31H38ClN3O6S. The highest BCUT2D eigenvalue weighted by Gasteiger charge is 2.33. The van der Waals surface area contributed by atoms with Crippen LogP contribution in [-0.4, -0.2) is 58.5 Å². The molecular weight excluding hydrogens is 578 g/mol. The summed E-state index contributed by atoms with van der Waals surface area (Å²) in [5.74, 6) is 0.000492. The molecule has 42 heavy (non-hydrogen) atoms. The Kier molecular flexibility index (Phi) is 11.2. The van der Waals surface area contributed by atoms with E-state index in [4.69, 9.17) is 21.1 Å². The maximum atomic E-state index is 14.0. The Bertz CT molecular complexity index is 1480. The Morgan fingerprint density at radius 1 is 0.905 bits per heavy atom. The molecule has 0 bridgehead atoms. The fraction of sp³-hybridized carbons (Fsp3) is 0.355. The molecule has 0 radical (unpaired) electrons. The van der Waals surface area contributed by atoms with Crippen LogP contribution in [0.1, 0.15) is 31.9 Å². The van der Waals surface area contributed by atoms with Gasteiger partial charge < -0.3 is 19.7 Å². The van der Waals surface area contributed by atoms with E-state index in [0.717, 1.165) is 15.4 Å². The first-order chi connectivity index (χ1) is 19.9. The van der Waals surface area contributed by atoms with Gasteiger partial charge in [0.05, 0.1) is 24.8 Å². The fourth-order valence-corrected chi connectivity index (χ4v) is 5.70. The Labute approximate surface area is 253 Å². The lowest BCUT2D eigenvalue weighted by Crippen LogP contribution is -2.51. The average Bonchev–Trinajstić information content (AvgIpc) is 2.97. The fourth-order valence-electron chi connectivity index (χ4n) is 4.17. The minimum Gasteiger partial charge on any atom is -0.493 e. The molecule has 3 aromatic carbocycles. The molecule has 11 heteroatoms. The Hall–Kier alpha value is -3.76. The summed E-state index contributed by atoms with van der Waals surface area (Å²) in [5.41, 5.74) is 1.82. The topological polar surface area (TPSA) is 105 Å². The number of nitrogens with one attached hydrogen (secondary N) is 1. The van der Waals surface area contributed by atoms with E-state index < -0.39 is 28.5 Å². The summed E-state index contributed by atoms with van der Waals surface area (Å²) in [6.07, 6.45) is 0. The molecule has 0 saturated heterocycles. The summed E-state index contributed by atoms with van der Waals surface area (Å²) in [6.45, 7) is 7.35. The summed E-state index contributed by atoms with van der Waals surface area (Å²) in [5, 5.41) is 3.40. The second-order valence-corrected chi connectivity index (χ2v) is 12.6. The third-order valence-corrected chi connectivity index (χ3v) is 8.70. The zero-order chi connectivity index (χ0) is 31.0. The van der Waals surface area contributed by atoms with Crippen LogP contribution < -0.4 is 19.1 Å². The molecule has 0 aromatic heterocycles. The number of carbonyl (C=O) groups is 2. The molecule has 0 unspecified atom stereocenters. The molecule has 0 aliphatic carbocycles. The number of ether oxygens (including phenoxy) is 2. The monoisotopic (exact) mass is 615 g/mol. The van der Waals surface area contributed by atoms with Gasteiger partial charge in [-0.1, -0.05) is 55.3 Å². The number of rotatable bonds is 13. The summed E-state index contributed by atoms with van der Waals surface area (Å²) in [4.78, 5) is 28.5. The number of carbonyl (C=O) groups excluding carboxylic acids is 2. The Morgan fingerprint density at radius 3 is 2.10 bits per heavy atom. The maximum absolute atomic E-state index is 14.0. The van der Waals surface area contributed by atoms with Gasteiger partial charge in [0.1, 0.15) is 12.6 Å². The predicted octanol–water partition coefficient (Wildman–Crippen LogP) is 5.05. The van der Waals surface area contributed by atoms with E-state index >= 15 is 0 Å². The van der Waals surface area contributed by atoms with E-state index in [0.29, 0.717) is 23.1 Å². The van der Waals surface area contributed by atoms with Gasteiger partial charge in [-0.05, 0) is 61.7 Å². The number of hydrogen-bond acceptors (Lipinski definition) is 6. The van der Waals surface area contributed by atoms with Gasteiger partial charge in [0.25, 0.3) is 10.0 Å². The van der Waals surface area contributed by atoms with Gasteiger partial charge in [-0.15, -0.1) is 0 Å². The quantitative estimate of drug-likeness (QED) is 0.289. The molecule has 2 amide bonds. The van der Waals surface area contributed by atoms with Gasteiger partial charge >= 0.3 is 0 Å². The number of nitrogens with zero attached hydrogens (tertiary/aromatic N) is 2. The van der Waals surface area contributed by atoms with Crippen LogP contribution in [-0.2, 0) is 26.2 Å². The van der Waals surface area contributed by atoms with Crippen molar-refractivity contribution >= 4 is 39.1 Å². The molecule has 0 aliphatic rings. The second-order valence-electron chi connectivity index (χ2n) is 10.3. The van der Waals surface area contributed by atoms with Crippen LogP contribution in [0.3, 0.4) is 0 Å². The summed E-state index contributed by atoms with van der Waals surface area (Å²) < 4.78 is 39.8. The van der Waals surface area contributed by atoms with E-state index in [9.17, 15) is 18.0 Å². The van der Waals surface area contributed by atoms with Crippen LogP contribution in [0, 0.1) is 12.8 Å². The number of halogens is 1. The lowest BCUT2D eigenvalue weighted by Gasteiger charge is -2.32. The van der Waals surface area contributed by atoms with Gasteiger partial charge in [0.15, 0.2) is 11.5 Å². The smallest absolute Gasteiger partial charge is 0.264 e. The zero-order valence-electron chi connectivity index (χ0n) is 24.8. The molecule has 0 fully saturated rings. The molecule has 3 rings (SSSR count). The van der Waals surface area contributed by atoms with Gasteiger partial charge in [0, 0.05) is 24.2 Å². The van der Waals surface area contributed by atoms with Crippen molar-refractivity contribution in [2.24, 2.45) is 5.92 Å². The number of amides is 2. The van der Waals surface area contributed by atoms with Gasteiger partial charge in [0.2, 0.25) is 11.8 Å². The first-order valence-corrected chi connectivity index (χ1v) is 15.3. The zero-order valence-corrected chi connectivity index (χ0v) is 26.3. The van der Waals surface area contributed by atoms with E-state index in [1.807, 2.05) is 20.8 Å². The van der Waals surface area contributed by atoms with Crippen molar-refractivity contribution < 1.29 is 27.5 Å². The van der Waals surface area contributed by atoms with E-state index in [1.54, 1.807) is 55.5 Å². The number of methoxy groups -OCH3 is 2. The van der Waals surface area contributed by atoms with Crippen LogP contribution >= 0.6 is 11.6 Å². The molecule has 0 heterocycles. The van der Waals surface area contributed by atoms with Crippen molar-refractivity contribution in [2.45, 2.75) is 45.2 Å². The number of aryl methyl sites for hydroxylation is 1. The van der Waals surface area contributed by atoms with Crippen molar-refractivity contribution in [3.63, 3.8) is 0 Å². The molecule has 9 nitrogen and oxygen atoms in total. The molecule has 0 aliphatic heterocycles. The predicted molar refractivity (Wildman–Crippen MR) is 165 cm³/mol. The molecule has 1 N–H and O–H groups in total. The van der Waals surface area contributed by atoms with Gasteiger partial charge in [-0.25, -0.2) is 8.42 Å². The second kappa shape index (κ2) is 14.4. The number of anilines is 1. The van der Waals surface area contributed by atoms with Gasteiger partial charge in [-0.3, -0.25) is 13.9 Å². The molecule has 0 spiro atoms. The van der Waals surface area contributed by atoms with Crippen molar-refractivity contribution in [3.8, 4) is 11.5 Å². The molecule has 1 atom stereocenters. The standard InChI is InChI=1S/C31H38ClN3O6S/c1-21(2)18-33-31(37)23(4)34(19-24-9-11-25(32)12-10-24)30(36)20-35(26-13-16-28(40-5)29(17-26)41-6)42(38,39)27-14-7-22(3)8-15-27/h7-17,21,23H,18-20H2,1-6H3,(H,33,37)/t23-/m0/s1.